The van der Waals surface area contributed by atoms with Gasteiger partial charge in [-0.15, -0.1) is 0 Å². The first-order valence-corrected chi connectivity index (χ1v) is 13.8. The highest BCUT2D eigenvalue weighted by molar-refractivity contribution is 7.98. The minimum atomic E-state index is -0.539. The normalized spacial score (nSPS) is 14.5. The summed E-state index contributed by atoms with van der Waals surface area (Å²) in [6.45, 7) is 6.68. The molecule has 2 heterocycles. The minimum absolute atomic E-state index is 0.154. The highest BCUT2D eigenvalue weighted by atomic mass is 32.2. The Labute approximate surface area is 228 Å². The van der Waals surface area contributed by atoms with Crippen molar-refractivity contribution in [3.05, 3.63) is 71.9 Å². The molecule has 0 N–H and O–H groups in total. The van der Waals surface area contributed by atoms with Gasteiger partial charge in [-0.05, 0) is 51.1 Å². The highest BCUT2D eigenvalue weighted by Gasteiger charge is 2.28. The molecule has 0 radical (unpaired) electrons. The number of hydrogen-bond donors (Lipinski definition) is 0. The monoisotopic (exact) mass is 534 g/mol. The first-order valence-electron chi connectivity index (χ1n) is 12.6. The largest absolute Gasteiger partial charge is 0.486 e. The number of nitrogens with zero attached hydrogens (tertiary/aromatic N) is 4. The fourth-order valence-electron chi connectivity index (χ4n) is 4.24. The van der Waals surface area contributed by atoms with Crippen molar-refractivity contribution in [2.75, 3.05) is 36.2 Å². The van der Waals surface area contributed by atoms with Crippen LogP contribution in [0.1, 0.15) is 55.6 Å². The number of carbonyl (C=O) groups excluding carboxylic acids is 2. The maximum atomic E-state index is 13.5. The Morgan fingerprint density at radius 3 is 2.58 bits per heavy atom. The van der Waals surface area contributed by atoms with Crippen molar-refractivity contribution < 1.29 is 19.1 Å². The third kappa shape index (κ3) is 6.83. The van der Waals surface area contributed by atoms with E-state index in [9.17, 15) is 9.59 Å². The van der Waals surface area contributed by atoms with E-state index < -0.39 is 5.60 Å². The molecule has 1 unspecified atom stereocenters. The number of likely N-dealkylation sites (N-methyl/N-ethyl adjacent to an activating group) is 1. The molecule has 0 bridgehead atoms. The minimum Gasteiger partial charge on any atom is -0.486 e. The molecule has 4 rings (SSSR count). The van der Waals surface area contributed by atoms with Gasteiger partial charge in [0.15, 0.2) is 5.16 Å². The SMILES string of the molecule is CSc1ncc2c(n1)N(C)CCN(c1cccc(OC(CCC(=O)OC(C)(C)C)c3ccccc3)c1)C2=O. The van der Waals surface area contributed by atoms with Gasteiger partial charge in [0.25, 0.3) is 5.91 Å². The molecule has 9 heteroatoms. The third-order valence-corrected chi connectivity index (χ3v) is 6.60. The number of carbonyl (C=O) groups is 2. The number of aromatic nitrogens is 2. The molecular weight excluding hydrogens is 500 g/mol. The quantitative estimate of drug-likeness (QED) is 0.212. The van der Waals surface area contributed by atoms with Gasteiger partial charge in [-0.2, -0.15) is 0 Å². The average Bonchev–Trinajstić information content (AvgIpc) is 3.02. The van der Waals surface area contributed by atoms with Crippen LogP contribution in [0.2, 0.25) is 0 Å². The Morgan fingerprint density at radius 2 is 1.87 bits per heavy atom. The summed E-state index contributed by atoms with van der Waals surface area (Å²) in [5, 5.41) is 0.630. The Bertz CT molecular complexity index is 1280. The van der Waals surface area contributed by atoms with Gasteiger partial charge in [0, 0.05) is 44.5 Å². The van der Waals surface area contributed by atoms with Crippen molar-refractivity contribution in [2.45, 2.75) is 50.5 Å². The summed E-state index contributed by atoms with van der Waals surface area (Å²) in [6.07, 6.45) is 3.84. The second kappa shape index (κ2) is 11.9. The molecule has 8 nitrogen and oxygen atoms in total. The van der Waals surface area contributed by atoms with Crippen molar-refractivity contribution in [3.8, 4) is 5.75 Å². The molecule has 1 aromatic heterocycles. The van der Waals surface area contributed by atoms with Gasteiger partial charge in [0.2, 0.25) is 0 Å². The van der Waals surface area contributed by atoms with Crippen LogP contribution in [0.5, 0.6) is 5.75 Å². The Kier molecular flexibility index (Phi) is 8.56. The van der Waals surface area contributed by atoms with Gasteiger partial charge in [-0.3, -0.25) is 9.59 Å². The van der Waals surface area contributed by atoms with Crippen molar-refractivity contribution in [1.82, 2.24) is 9.97 Å². The van der Waals surface area contributed by atoms with Gasteiger partial charge in [0.1, 0.15) is 28.8 Å². The zero-order valence-corrected chi connectivity index (χ0v) is 23.3. The van der Waals surface area contributed by atoms with E-state index in [1.165, 1.54) is 11.8 Å². The number of amides is 1. The molecule has 1 amide bonds. The number of benzene rings is 2. The molecule has 0 fully saturated rings. The number of fused-ring (bicyclic) bond motifs is 1. The molecule has 0 spiro atoms. The summed E-state index contributed by atoms with van der Waals surface area (Å²) in [5.41, 5.74) is 1.61. The van der Waals surface area contributed by atoms with Crippen molar-refractivity contribution in [2.24, 2.45) is 0 Å². The molecule has 0 saturated heterocycles. The average molecular weight is 535 g/mol. The summed E-state index contributed by atoms with van der Waals surface area (Å²) >= 11 is 1.44. The topological polar surface area (TPSA) is 84.9 Å². The maximum absolute atomic E-state index is 13.5. The van der Waals surface area contributed by atoms with Gasteiger partial charge in [-0.25, -0.2) is 9.97 Å². The first-order chi connectivity index (χ1) is 18.1. The Hall–Kier alpha value is -3.59. The fourth-order valence-corrected chi connectivity index (χ4v) is 4.57. The van der Waals surface area contributed by atoms with Crippen molar-refractivity contribution >= 4 is 35.1 Å². The molecular formula is C29H34N4O4S. The van der Waals surface area contributed by atoms with Gasteiger partial charge in [0.05, 0.1) is 0 Å². The first kappa shape index (κ1) is 27.4. The lowest BCUT2D eigenvalue weighted by Gasteiger charge is -2.24. The van der Waals surface area contributed by atoms with Crippen LogP contribution in [-0.4, -0.2) is 53.8 Å². The lowest BCUT2D eigenvalue weighted by Crippen LogP contribution is -2.33. The number of thioether (sulfide) groups is 1. The summed E-state index contributed by atoms with van der Waals surface area (Å²) in [5.74, 6) is 0.829. The Morgan fingerprint density at radius 1 is 1.11 bits per heavy atom. The van der Waals surface area contributed by atoms with E-state index in [0.717, 1.165) is 11.3 Å². The van der Waals surface area contributed by atoms with Crippen molar-refractivity contribution in [1.29, 1.82) is 0 Å². The van der Waals surface area contributed by atoms with E-state index in [2.05, 4.69) is 9.97 Å². The summed E-state index contributed by atoms with van der Waals surface area (Å²) in [4.78, 5) is 38.6. The summed E-state index contributed by atoms with van der Waals surface area (Å²) in [7, 11) is 1.93. The van der Waals surface area contributed by atoms with Crippen LogP contribution in [-0.2, 0) is 9.53 Å². The predicted octanol–water partition coefficient (Wildman–Crippen LogP) is 5.54. The fraction of sp³-hybridized carbons (Fsp3) is 0.379. The number of esters is 1. The van der Waals surface area contributed by atoms with Crippen LogP contribution in [0.15, 0.2) is 66.0 Å². The van der Waals surface area contributed by atoms with E-state index in [-0.39, 0.29) is 24.4 Å². The van der Waals surface area contributed by atoms with Crippen LogP contribution in [0, 0.1) is 0 Å². The van der Waals surface area contributed by atoms with E-state index in [1.807, 2.05) is 93.6 Å². The number of hydrogen-bond acceptors (Lipinski definition) is 8. The molecule has 1 aliphatic heterocycles. The second-order valence-corrected chi connectivity index (χ2v) is 10.9. The van der Waals surface area contributed by atoms with Crippen LogP contribution in [0.3, 0.4) is 0 Å². The second-order valence-electron chi connectivity index (χ2n) is 10.1. The molecule has 200 valence electrons. The van der Waals surface area contributed by atoms with Crippen molar-refractivity contribution in [3.63, 3.8) is 0 Å². The molecule has 1 atom stereocenters. The van der Waals surface area contributed by atoms with Crippen LogP contribution >= 0.6 is 11.8 Å². The summed E-state index contributed by atoms with van der Waals surface area (Å²) < 4.78 is 11.9. The molecule has 2 aromatic carbocycles. The molecule has 0 aliphatic carbocycles. The van der Waals surface area contributed by atoms with E-state index in [4.69, 9.17) is 9.47 Å². The molecule has 38 heavy (non-hydrogen) atoms. The standard InChI is InChI=1S/C29H34N4O4S/c1-29(2,3)37-25(34)15-14-24(20-10-7-6-8-11-20)36-22-13-9-12-21(18-22)33-17-16-32(4)26-23(27(33)35)19-30-28(31-26)38-5/h6-13,18-19,24H,14-17H2,1-5H3. The zero-order valence-electron chi connectivity index (χ0n) is 22.5. The lowest BCUT2D eigenvalue weighted by atomic mass is 10.0. The zero-order chi connectivity index (χ0) is 27.3. The van der Waals surface area contributed by atoms with E-state index in [1.54, 1.807) is 11.1 Å². The van der Waals surface area contributed by atoms with Crippen LogP contribution < -0.4 is 14.5 Å². The lowest BCUT2D eigenvalue weighted by molar-refractivity contribution is -0.155. The van der Waals surface area contributed by atoms with E-state index >= 15 is 0 Å². The summed E-state index contributed by atoms with van der Waals surface area (Å²) in [6, 6.07) is 17.3. The predicted molar refractivity (Wildman–Crippen MR) is 150 cm³/mol. The van der Waals surface area contributed by atoms with Crippen LogP contribution in [0.4, 0.5) is 11.5 Å². The molecule has 3 aromatic rings. The maximum Gasteiger partial charge on any atom is 0.306 e. The van der Waals surface area contributed by atoms with Gasteiger partial charge in [-0.1, -0.05) is 48.2 Å². The highest BCUT2D eigenvalue weighted by Crippen LogP contribution is 2.32. The van der Waals surface area contributed by atoms with Gasteiger partial charge >= 0.3 is 5.97 Å². The Balaban J connectivity index is 1.56. The molecule has 0 saturated carbocycles. The molecule has 1 aliphatic rings. The van der Waals surface area contributed by atoms with E-state index in [0.29, 0.717) is 41.8 Å². The smallest absolute Gasteiger partial charge is 0.306 e. The number of ether oxygens (including phenoxy) is 2. The number of anilines is 2. The van der Waals surface area contributed by atoms with Crippen LogP contribution in [0.25, 0.3) is 0 Å². The third-order valence-electron chi connectivity index (χ3n) is 6.03. The van der Waals surface area contributed by atoms with Gasteiger partial charge < -0.3 is 19.3 Å². The number of rotatable bonds is 8.